The van der Waals surface area contributed by atoms with Crippen molar-refractivity contribution in [3.05, 3.63) is 17.7 Å². The number of carbonyl (C=O) groups is 1. The molecule has 0 aliphatic rings. The molecule has 0 saturated carbocycles. The highest BCUT2D eigenvalue weighted by Crippen LogP contribution is 2.33. The quantitative estimate of drug-likeness (QED) is 0.614. The monoisotopic (exact) mass is 348 g/mol. The Balaban J connectivity index is 0.00000484. The zero-order valence-electron chi connectivity index (χ0n) is 13.9. The molecule has 1 aromatic rings. The van der Waals surface area contributed by atoms with Crippen molar-refractivity contribution in [1.29, 1.82) is 0 Å². The molecule has 0 atom stereocenters. The predicted molar refractivity (Wildman–Crippen MR) is 89.9 cm³/mol. The van der Waals surface area contributed by atoms with Gasteiger partial charge in [-0.2, -0.15) is 0 Å². The van der Waals surface area contributed by atoms with Crippen LogP contribution in [-0.4, -0.2) is 54.0 Å². The molecule has 2 N–H and O–H groups in total. The largest absolute Gasteiger partial charge is 0.496 e. The van der Waals surface area contributed by atoms with Crippen LogP contribution in [0.3, 0.4) is 0 Å². The molecule has 132 valence electrons. The summed E-state index contributed by atoms with van der Waals surface area (Å²) >= 11 is 0. The van der Waals surface area contributed by atoms with Crippen molar-refractivity contribution in [2.75, 3.05) is 48.1 Å². The molecule has 0 bridgehead atoms. The van der Waals surface area contributed by atoms with E-state index in [1.54, 1.807) is 40.6 Å². The Morgan fingerprint density at radius 3 is 2.13 bits per heavy atom. The standard InChI is InChI=1S/C15H24N2O5.ClH/c1-19-6-5-16-10-15(18)17-9-12-13(21-3)7-11(20-2)8-14(12)22-4;/h7-8,16H,5-6,9-10H2,1-4H3,(H,17,18);1H. The minimum Gasteiger partial charge on any atom is -0.496 e. The SMILES string of the molecule is COCCNCC(=O)NCc1c(OC)cc(OC)cc1OC.Cl. The molecule has 1 rings (SSSR count). The average Bonchev–Trinajstić information content (AvgIpc) is 2.55. The van der Waals surface area contributed by atoms with Crippen LogP contribution in [0.4, 0.5) is 0 Å². The molecule has 0 radical (unpaired) electrons. The number of rotatable bonds is 10. The maximum Gasteiger partial charge on any atom is 0.234 e. The summed E-state index contributed by atoms with van der Waals surface area (Å²) in [4.78, 5) is 11.8. The number of methoxy groups -OCH3 is 4. The first-order valence-electron chi connectivity index (χ1n) is 6.91. The third kappa shape index (κ3) is 6.94. The molecule has 0 spiro atoms. The van der Waals surface area contributed by atoms with Gasteiger partial charge in [0.2, 0.25) is 5.91 Å². The first-order valence-corrected chi connectivity index (χ1v) is 6.91. The molecule has 0 unspecified atom stereocenters. The number of amides is 1. The molecule has 0 aliphatic carbocycles. The Bertz CT molecular complexity index is 460. The van der Waals surface area contributed by atoms with E-state index in [2.05, 4.69) is 10.6 Å². The van der Waals surface area contributed by atoms with Gasteiger partial charge in [-0.3, -0.25) is 4.79 Å². The second-order valence-electron chi connectivity index (χ2n) is 4.46. The van der Waals surface area contributed by atoms with E-state index in [-0.39, 0.29) is 24.9 Å². The van der Waals surface area contributed by atoms with Crippen molar-refractivity contribution < 1.29 is 23.7 Å². The van der Waals surface area contributed by atoms with Gasteiger partial charge in [-0.15, -0.1) is 12.4 Å². The fourth-order valence-electron chi connectivity index (χ4n) is 1.88. The molecule has 7 nitrogen and oxygen atoms in total. The number of halogens is 1. The molecular formula is C15H25ClN2O5. The Morgan fingerprint density at radius 2 is 1.65 bits per heavy atom. The second kappa shape index (κ2) is 11.8. The third-order valence-electron chi connectivity index (χ3n) is 3.05. The summed E-state index contributed by atoms with van der Waals surface area (Å²) in [6, 6.07) is 3.50. The van der Waals surface area contributed by atoms with Gasteiger partial charge in [-0.25, -0.2) is 0 Å². The van der Waals surface area contributed by atoms with E-state index < -0.39 is 0 Å². The van der Waals surface area contributed by atoms with Crippen LogP contribution in [0.25, 0.3) is 0 Å². The predicted octanol–water partition coefficient (Wildman–Crippen LogP) is 0.986. The number of carbonyl (C=O) groups excluding carboxylic acids is 1. The highest BCUT2D eigenvalue weighted by atomic mass is 35.5. The van der Waals surface area contributed by atoms with Gasteiger partial charge in [0, 0.05) is 25.8 Å². The van der Waals surface area contributed by atoms with Crippen molar-refractivity contribution in [2.45, 2.75) is 6.54 Å². The Morgan fingerprint density at radius 1 is 1.04 bits per heavy atom. The van der Waals surface area contributed by atoms with Crippen LogP contribution in [0.2, 0.25) is 0 Å². The lowest BCUT2D eigenvalue weighted by atomic mass is 10.1. The molecule has 0 aromatic heterocycles. The summed E-state index contributed by atoms with van der Waals surface area (Å²) in [5, 5.41) is 5.80. The molecule has 8 heteroatoms. The molecular weight excluding hydrogens is 324 g/mol. The van der Waals surface area contributed by atoms with Gasteiger partial charge < -0.3 is 29.6 Å². The molecule has 0 fully saturated rings. The maximum absolute atomic E-state index is 11.8. The Hall–Kier alpha value is -1.70. The van der Waals surface area contributed by atoms with Gasteiger partial charge in [-0.05, 0) is 0 Å². The summed E-state index contributed by atoms with van der Waals surface area (Å²) in [5.41, 5.74) is 0.760. The molecule has 1 amide bonds. The van der Waals surface area contributed by atoms with E-state index in [0.29, 0.717) is 36.9 Å². The van der Waals surface area contributed by atoms with Crippen LogP contribution in [0, 0.1) is 0 Å². The first kappa shape index (κ1) is 21.3. The molecule has 0 saturated heterocycles. The topological polar surface area (TPSA) is 78.1 Å². The number of hydrogen-bond acceptors (Lipinski definition) is 6. The molecule has 0 aliphatic heterocycles. The van der Waals surface area contributed by atoms with Gasteiger partial charge in [0.25, 0.3) is 0 Å². The van der Waals surface area contributed by atoms with Gasteiger partial charge in [-0.1, -0.05) is 0 Å². The Labute approximate surface area is 143 Å². The van der Waals surface area contributed by atoms with Crippen LogP contribution in [-0.2, 0) is 16.1 Å². The highest BCUT2D eigenvalue weighted by molar-refractivity contribution is 5.85. The van der Waals surface area contributed by atoms with Crippen LogP contribution in [0.15, 0.2) is 12.1 Å². The fraction of sp³-hybridized carbons (Fsp3) is 0.533. The lowest BCUT2D eigenvalue weighted by Gasteiger charge is -2.15. The van der Waals surface area contributed by atoms with Crippen LogP contribution < -0.4 is 24.8 Å². The van der Waals surface area contributed by atoms with Gasteiger partial charge >= 0.3 is 0 Å². The number of benzene rings is 1. The minimum absolute atomic E-state index is 0. The van der Waals surface area contributed by atoms with E-state index in [1.807, 2.05) is 0 Å². The van der Waals surface area contributed by atoms with Crippen LogP contribution in [0.5, 0.6) is 17.2 Å². The van der Waals surface area contributed by atoms with Crippen molar-refractivity contribution >= 4 is 18.3 Å². The van der Waals surface area contributed by atoms with Gasteiger partial charge in [0.15, 0.2) is 0 Å². The summed E-state index contributed by atoms with van der Waals surface area (Å²) in [6.45, 7) is 1.72. The molecule has 1 aromatic carbocycles. The van der Waals surface area contributed by atoms with Crippen molar-refractivity contribution in [2.24, 2.45) is 0 Å². The molecule has 23 heavy (non-hydrogen) atoms. The second-order valence-corrected chi connectivity index (χ2v) is 4.46. The third-order valence-corrected chi connectivity index (χ3v) is 3.05. The summed E-state index contributed by atoms with van der Waals surface area (Å²) in [7, 11) is 6.31. The van der Waals surface area contributed by atoms with Crippen LogP contribution >= 0.6 is 12.4 Å². The van der Waals surface area contributed by atoms with E-state index in [9.17, 15) is 4.79 Å². The smallest absolute Gasteiger partial charge is 0.234 e. The minimum atomic E-state index is -0.115. The van der Waals surface area contributed by atoms with E-state index in [0.717, 1.165) is 5.56 Å². The first-order chi connectivity index (χ1) is 10.7. The van der Waals surface area contributed by atoms with Crippen molar-refractivity contribution in [3.63, 3.8) is 0 Å². The molecule has 0 heterocycles. The number of nitrogens with one attached hydrogen (secondary N) is 2. The van der Waals surface area contributed by atoms with E-state index in [1.165, 1.54) is 0 Å². The zero-order valence-corrected chi connectivity index (χ0v) is 14.7. The summed E-state index contributed by atoms with van der Waals surface area (Å²) < 4.78 is 20.7. The Kier molecular flexibility index (Phi) is 10.9. The number of hydrogen-bond donors (Lipinski definition) is 2. The maximum atomic E-state index is 11.8. The lowest BCUT2D eigenvalue weighted by Crippen LogP contribution is -2.35. The zero-order chi connectivity index (χ0) is 16.4. The fourth-order valence-corrected chi connectivity index (χ4v) is 1.88. The number of ether oxygens (including phenoxy) is 4. The normalized spacial score (nSPS) is 9.74. The van der Waals surface area contributed by atoms with E-state index >= 15 is 0 Å². The van der Waals surface area contributed by atoms with Gasteiger partial charge in [0.05, 0.1) is 46.6 Å². The van der Waals surface area contributed by atoms with Crippen molar-refractivity contribution in [1.82, 2.24) is 10.6 Å². The van der Waals surface area contributed by atoms with Crippen molar-refractivity contribution in [3.8, 4) is 17.2 Å². The summed E-state index contributed by atoms with van der Waals surface area (Å²) in [6.07, 6.45) is 0. The van der Waals surface area contributed by atoms with Crippen LogP contribution in [0.1, 0.15) is 5.56 Å². The highest BCUT2D eigenvalue weighted by Gasteiger charge is 2.14. The lowest BCUT2D eigenvalue weighted by molar-refractivity contribution is -0.120. The average molecular weight is 349 g/mol. The summed E-state index contributed by atoms with van der Waals surface area (Å²) in [5.74, 6) is 1.72. The van der Waals surface area contributed by atoms with E-state index in [4.69, 9.17) is 18.9 Å². The van der Waals surface area contributed by atoms with Gasteiger partial charge in [0.1, 0.15) is 17.2 Å².